The van der Waals surface area contributed by atoms with Gasteiger partial charge in [0.15, 0.2) is 5.96 Å². The lowest BCUT2D eigenvalue weighted by Crippen LogP contribution is -2.38. The molecule has 1 aromatic heterocycles. The second-order valence-corrected chi connectivity index (χ2v) is 7.56. The Morgan fingerprint density at radius 3 is 2.84 bits per heavy atom. The molecular weight excluding hydrogens is 519 g/mol. The van der Waals surface area contributed by atoms with Gasteiger partial charge in [0, 0.05) is 44.5 Å². The number of aliphatic imine (C=N–C) groups is 1. The molecule has 0 radical (unpaired) electrons. The van der Waals surface area contributed by atoms with Crippen molar-refractivity contribution in [1.29, 1.82) is 0 Å². The van der Waals surface area contributed by atoms with Crippen LogP contribution in [0.3, 0.4) is 0 Å². The molecule has 0 bridgehead atoms. The Kier molecular flexibility index (Phi) is 13.0. The van der Waals surface area contributed by atoms with Crippen LogP contribution in [0.4, 0.5) is 0 Å². The van der Waals surface area contributed by atoms with Crippen LogP contribution in [0.25, 0.3) is 0 Å². The van der Waals surface area contributed by atoms with Crippen LogP contribution < -0.4 is 15.4 Å². The maximum atomic E-state index is 5.81. The number of benzene rings is 1. The molecule has 1 aliphatic heterocycles. The van der Waals surface area contributed by atoms with E-state index in [1.807, 2.05) is 42.5 Å². The third-order valence-corrected chi connectivity index (χ3v) is 4.93. The molecule has 7 nitrogen and oxygen atoms in total. The number of rotatable bonds is 12. The molecule has 1 aromatic carbocycles. The monoisotopic (exact) mass is 554 g/mol. The molecule has 2 N–H and O–H groups in total. The molecule has 0 amide bonds. The lowest BCUT2D eigenvalue weighted by Gasteiger charge is -2.12. The lowest BCUT2D eigenvalue weighted by molar-refractivity contribution is 0.0888. The van der Waals surface area contributed by atoms with Crippen LogP contribution in [0, 0.1) is 5.92 Å². The molecule has 1 aliphatic rings. The first kappa shape index (κ1) is 26.3. The van der Waals surface area contributed by atoms with Gasteiger partial charge in [-0.3, -0.25) is 0 Å². The van der Waals surface area contributed by atoms with Crippen LogP contribution in [-0.4, -0.2) is 50.5 Å². The minimum Gasteiger partial charge on any atom is -0.473 e. The maximum Gasteiger partial charge on any atom is 0.213 e. The van der Waals surface area contributed by atoms with Gasteiger partial charge >= 0.3 is 0 Å². The van der Waals surface area contributed by atoms with Crippen LogP contribution in [0.15, 0.2) is 53.7 Å². The molecule has 176 valence electrons. The van der Waals surface area contributed by atoms with Crippen molar-refractivity contribution in [2.45, 2.75) is 32.9 Å². The normalized spacial score (nSPS) is 15.8. The van der Waals surface area contributed by atoms with Crippen molar-refractivity contribution in [2.75, 3.05) is 39.5 Å². The summed E-state index contributed by atoms with van der Waals surface area (Å²) < 4.78 is 16.9. The van der Waals surface area contributed by atoms with Gasteiger partial charge in [0.2, 0.25) is 5.88 Å². The van der Waals surface area contributed by atoms with E-state index in [1.165, 1.54) is 0 Å². The Morgan fingerprint density at radius 2 is 2.06 bits per heavy atom. The fourth-order valence-electron chi connectivity index (χ4n) is 3.22. The van der Waals surface area contributed by atoms with Gasteiger partial charge in [0.1, 0.15) is 6.61 Å². The summed E-state index contributed by atoms with van der Waals surface area (Å²) in [6.07, 6.45) is 3.81. The molecule has 1 atom stereocenters. The topological polar surface area (TPSA) is 77.0 Å². The summed E-state index contributed by atoms with van der Waals surface area (Å²) in [7, 11) is 0. The third kappa shape index (κ3) is 10.1. The van der Waals surface area contributed by atoms with E-state index in [4.69, 9.17) is 14.2 Å². The predicted molar refractivity (Wildman–Crippen MR) is 138 cm³/mol. The second kappa shape index (κ2) is 15.8. The maximum absolute atomic E-state index is 5.81. The molecule has 2 aromatic rings. The molecule has 32 heavy (non-hydrogen) atoms. The van der Waals surface area contributed by atoms with E-state index in [0.717, 1.165) is 69.4 Å². The summed E-state index contributed by atoms with van der Waals surface area (Å²) in [5.74, 6) is 1.98. The van der Waals surface area contributed by atoms with E-state index in [-0.39, 0.29) is 24.0 Å². The van der Waals surface area contributed by atoms with Crippen LogP contribution in [0.2, 0.25) is 0 Å². The minimum absolute atomic E-state index is 0. The van der Waals surface area contributed by atoms with Gasteiger partial charge in [0.25, 0.3) is 0 Å². The minimum atomic E-state index is 0. The van der Waals surface area contributed by atoms with Gasteiger partial charge in [-0.15, -0.1) is 24.0 Å². The van der Waals surface area contributed by atoms with E-state index >= 15 is 0 Å². The van der Waals surface area contributed by atoms with Crippen LogP contribution >= 0.6 is 24.0 Å². The van der Waals surface area contributed by atoms with Crippen molar-refractivity contribution >= 4 is 29.9 Å². The SMILES string of the molecule is CCNC(=NCc1ccnc(OCc2ccccc2)c1)NCCCOCC1CCOC1.I. The molecule has 0 saturated carbocycles. The number of pyridine rings is 1. The summed E-state index contributed by atoms with van der Waals surface area (Å²) in [4.78, 5) is 8.98. The summed E-state index contributed by atoms with van der Waals surface area (Å²) in [5, 5.41) is 6.65. The smallest absolute Gasteiger partial charge is 0.213 e. The summed E-state index contributed by atoms with van der Waals surface area (Å²) >= 11 is 0. The zero-order valence-corrected chi connectivity index (χ0v) is 21.1. The highest BCUT2D eigenvalue weighted by atomic mass is 127. The second-order valence-electron chi connectivity index (χ2n) is 7.56. The van der Waals surface area contributed by atoms with Gasteiger partial charge in [-0.2, -0.15) is 0 Å². The Labute approximate surface area is 208 Å². The molecule has 3 rings (SSSR count). The lowest BCUT2D eigenvalue weighted by atomic mass is 10.1. The average Bonchev–Trinajstić information content (AvgIpc) is 3.33. The van der Waals surface area contributed by atoms with Crippen molar-refractivity contribution in [3.05, 3.63) is 59.8 Å². The molecule has 1 unspecified atom stereocenters. The molecule has 1 saturated heterocycles. The van der Waals surface area contributed by atoms with E-state index in [9.17, 15) is 0 Å². The number of hydrogen-bond donors (Lipinski definition) is 2. The number of guanidine groups is 1. The summed E-state index contributed by atoms with van der Waals surface area (Å²) in [5.41, 5.74) is 2.17. The zero-order valence-electron chi connectivity index (χ0n) is 18.8. The van der Waals surface area contributed by atoms with Crippen LogP contribution in [0.1, 0.15) is 30.9 Å². The van der Waals surface area contributed by atoms with Gasteiger partial charge in [-0.1, -0.05) is 30.3 Å². The summed E-state index contributed by atoms with van der Waals surface area (Å²) in [6, 6.07) is 14.0. The van der Waals surface area contributed by atoms with Crippen LogP contribution in [-0.2, 0) is 22.6 Å². The highest BCUT2D eigenvalue weighted by Crippen LogP contribution is 2.13. The molecule has 0 aliphatic carbocycles. The molecule has 1 fully saturated rings. The molecular formula is C24H35IN4O3. The quantitative estimate of drug-likeness (QED) is 0.180. The van der Waals surface area contributed by atoms with Crippen molar-refractivity contribution in [3.8, 4) is 5.88 Å². The first-order valence-electron chi connectivity index (χ1n) is 11.1. The summed E-state index contributed by atoms with van der Waals surface area (Å²) in [6.45, 7) is 7.99. The highest BCUT2D eigenvalue weighted by Gasteiger charge is 2.15. The van der Waals surface area contributed by atoms with Crippen molar-refractivity contribution in [2.24, 2.45) is 10.9 Å². The molecule has 8 heteroatoms. The van der Waals surface area contributed by atoms with Gasteiger partial charge < -0.3 is 24.8 Å². The first-order chi connectivity index (χ1) is 15.3. The third-order valence-electron chi connectivity index (χ3n) is 4.93. The van der Waals surface area contributed by atoms with Crippen LogP contribution in [0.5, 0.6) is 5.88 Å². The van der Waals surface area contributed by atoms with E-state index < -0.39 is 0 Å². The van der Waals surface area contributed by atoms with E-state index in [1.54, 1.807) is 6.20 Å². The van der Waals surface area contributed by atoms with Crippen molar-refractivity contribution in [3.63, 3.8) is 0 Å². The predicted octanol–water partition coefficient (Wildman–Crippen LogP) is 3.78. The number of halogens is 1. The fraction of sp³-hybridized carbons (Fsp3) is 0.500. The van der Waals surface area contributed by atoms with Crippen molar-refractivity contribution in [1.82, 2.24) is 15.6 Å². The number of hydrogen-bond acceptors (Lipinski definition) is 5. The average molecular weight is 554 g/mol. The van der Waals surface area contributed by atoms with Gasteiger partial charge in [-0.05, 0) is 37.0 Å². The Hall–Kier alpha value is -1.91. The highest BCUT2D eigenvalue weighted by molar-refractivity contribution is 14.0. The van der Waals surface area contributed by atoms with E-state index in [2.05, 4.69) is 27.5 Å². The van der Waals surface area contributed by atoms with E-state index in [0.29, 0.717) is 24.9 Å². The largest absolute Gasteiger partial charge is 0.473 e. The Balaban J connectivity index is 0.00000363. The zero-order chi connectivity index (χ0) is 21.6. The van der Waals surface area contributed by atoms with Gasteiger partial charge in [-0.25, -0.2) is 9.98 Å². The van der Waals surface area contributed by atoms with Crippen molar-refractivity contribution < 1.29 is 14.2 Å². The number of ether oxygens (including phenoxy) is 3. The molecule has 2 heterocycles. The van der Waals surface area contributed by atoms with Gasteiger partial charge in [0.05, 0.1) is 19.8 Å². The first-order valence-corrected chi connectivity index (χ1v) is 11.1. The number of aromatic nitrogens is 1. The fourth-order valence-corrected chi connectivity index (χ4v) is 3.22. The number of nitrogens with zero attached hydrogens (tertiary/aromatic N) is 2. The standard InChI is InChI=1S/C24H34N4O3.HI/c1-2-25-24(27-11-6-13-29-17-22-10-14-30-18-22)28-16-21-9-12-26-23(15-21)31-19-20-7-4-3-5-8-20;/h3-5,7-9,12,15,22H,2,6,10-11,13-14,16-19H2,1H3,(H2,25,27,28);1H. The Bertz CT molecular complexity index is 786. The Morgan fingerprint density at radius 1 is 1.19 bits per heavy atom. The molecule has 0 spiro atoms. The number of nitrogens with one attached hydrogen (secondary N) is 2.